The van der Waals surface area contributed by atoms with Crippen molar-refractivity contribution in [3.05, 3.63) is 97.2 Å². The van der Waals surface area contributed by atoms with Gasteiger partial charge in [-0.15, -0.1) is 0 Å². The highest BCUT2D eigenvalue weighted by Crippen LogP contribution is 2.43. The van der Waals surface area contributed by atoms with Crippen molar-refractivity contribution in [2.75, 3.05) is 40.9 Å². The second kappa shape index (κ2) is 57.2. The summed E-state index contributed by atoms with van der Waals surface area (Å²) in [4.78, 5) is 37.7. The molecule has 3 unspecified atom stereocenters. The summed E-state index contributed by atoms with van der Waals surface area (Å²) in [6.45, 7) is 6.85. The molecule has 0 radical (unpaired) electrons. The van der Waals surface area contributed by atoms with E-state index in [0.29, 0.717) is 23.9 Å². The molecule has 450 valence electrons. The second-order valence-corrected chi connectivity index (χ2v) is 24.0. The van der Waals surface area contributed by atoms with E-state index in [-0.39, 0.29) is 25.5 Å². The van der Waals surface area contributed by atoms with Gasteiger partial charge in [-0.05, 0) is 96.0 Å². The van der Waals surface area contributed by atoms with E-state index >= 15 is 0 Å². The minimum absolute atomic E-state index is 0.0287. The highest BCUT2D eigenvalue weighted by atomic mass is 31.2. The zero-order valence-electron chi connectivity index (χ0n) is 51.4. The maximum atomic E-state index is 13.6. The average molecular weight is 1110 g/mol. The topological polar surface area (TPSA) is 111 Å². The number of nitrogens with one attached hydrogen (secondary N) is 1. The molecule has 10 heteroatoms. The van der Waals surface area contributed by atoms with Gasteiger partial charge >= 0.3 is 13.8 Å². The predicted octanol–water partition coefficient (Wildman–Crippen LogP) is 19.9. The van der Waals surface area contributed by atoms with Crippen LogP contribution in [0.4, 0.5) is 0 Å². The molecule has 0 rings (SSSR count). The van der Waals surface area contributed by atoms with Gasteiger partial charge in [-0.25, -0.2) is 4.57 Å². The van der Waals surface area contributed by atoms with Gasteiger partial charge in [-0.3, -0.25) is 18.6 Å². The van der Waals surface area contributed by atoms with Crippen molar-refractivity contribution >= 4 is 19.7 Å². The Labute approximate surface area is 481 Å². The van der Waals surface area contributed by atoms with Gasteiger partial charge < -0.3 is 19.4 Å². The van der Waals surface area contributed by atoms with Gasteiger partial charge in [-0.2, -0.15) is 0 Å². The van der Waals surface area contributed by atoms with E-state index in [1.54, 1.807) is 0 Å². The van der Waals surface area contributed by atoms with Gasteiger partial charge in [0.2, 0.25) is 5.91 Å². The molecule has 0 aromatic heterocycles. The molecular weight excluding hydrogens is 988 g/mol. The van der Waals surface area contributed by atoms with E-state index in [1.165, 1.54) is 135 Å². The molecule has 0 aliphatic rings. The number of carbonyl (C=O) groups is 2. The number of likely N-dealkylation sites (N-methyl/N-ethyl adjacent to an activating group) is 1. The summed E-state index contributed by atoms with van der Waals surface area (Å²) in [5, 5.41) is 3.04. The fourth-order valence-electron chi connectivity index (χ4n) is 8.84. The number of amides is 1. The van der Waals surface area contributed by atoms with E-state index < -0.39 is 25.9 Å². The molecule has 0 spiro atoms. The highest BCUT2D eigenvalue weighted by molar-refractivity contribution is 7.47. The lowest BCUT2D eigenvalue weighted by Gasteiger charge is -2.27. The minimum atomic E-state index is -4.46. The van der Waals surface area contributed by atoms with Crippen molar-refractivity contribution in [2.45, 2.75) is 283 Å². The van der Waals surface area contributed by atoms with E-state index in [9.17, 15) is 19.0 Å². The first-order valence-electron chi connectivity index (χ1n) is 32.1. The number of nitrogens with zero attached hydrogens (tertiary/aromatic N) is 1. The molecule has 1 amide bonds. The Balaban J connectivity index is 5.12. The lowest BCUT2D eigenvalue weighted by molar-refractivity contribution is -0.870. The van der Waals surface area contributed by atoms with Crippen molar-refractivity contribution < 1.29 is 37.3 Å². The third kappa shape index (κ3) is 57.6. The monoisotopic (exact) mass is 1110 g/mol. The summed E-state index contributed by atoms with van der Waals surface area (Å²) in [6, 6.07) is -0.877. The van der Waals surface area contributed by atoms with Gasteiger partial charge in [0.05, 0.1) is 33.8 Å². The number of rotatable bonds is 57. The molecule has 0 fully saturated rings. The van der Waals surface area contributed by atoms with Crippen LogP contribution in [0.25, 0.3) is 0 Å². The van der Waals surface area contributed by atoms with Gasteiger partial charge in [-0.1, -0.05) is 260 Å². The van der Waals surface area contributed by atoms with Crippen LogP contribution in [0.5, 0.6) is 0 Å². The van der Waals surface area contributed by atoms with Crippen LogP contribution in [0.1, 0.15) is 271 Å². The number of phosphoric acid groups is 1. The molecule has 2 N–H and O–H groups in total. The number of phosphoric ester groups is 1. The van der Waals surface area contributed by atoms with Crippen LogP contribution in [0.2, 0.25) is 0 Å². The summed E-state index contributed by atoms with van der Waals surface area (Å²) in [7, 11) is 1.46. The normalized spacial score (nSPS) is 14.3. The molecule has 0 aromatic carbocycles. The quantitative estimate of drug-likeness (QED) is 0.0205. The molecule has 0 aliphatic carbocycles. The lowest BCUT2D eigenvalue weighted by Crippen LogP contribution is -2.47. The Morgan fingerprint density at radius 2 is 0.833 bits per heavy atom. The van der Waals surface area contributed by atoms with Crippen LogP contribution in [-0.2, 0) is 27.9 Å². The van der Waals surface area contributed by atoms with E-state index in [2.05, 4.69) is 105 Å². The third-order valence-electron chi connectivity index (χ3n) is 13.8. The number of allylic oxidation sites excluding steroid dienone is 15. The predicted molar refractivity (Wildman–Crippen MR) is 337 cm³/mol. The fraction of sp³-hybridized carbons (Fsp3) is 0.735. The molecule has 0 saturated carbocycles. The van der Waals surface area contributed by atoms with Gasteiger partial charge in [0.25, 0.3) is 0 Å². The standard InChI is InChI=1S/C68H121N2O7P/c1-7-10-13-16-19-22-25-28-29-30-31-32-33-34-35-36-37-38-39-40-41-43-45-48-51-54-57-60-67(71)69-65(64-76-78(73,74)75-63-62-70(4,5)6)66(59-56-53-50-47-44-27-24-21-18-15-12-9-3)77-68(72)61-58-55-52-49-46-42-26-23-20-17-14-11-8-2/h10,13,19,22,28-29,31-32,34-35,42,46,52,55-56,59,65-66H,7-9,11-12,14-18,20-21,23-27,30,33,36-41,43-45,47-51,53-54,57-58,60-64H2,1-6H3,(H-,69,71,73,74)/p+1/b13-10-,22-19-,29-28-,32-31-,35-34-,46-42-,55-52+,59-56-. The maximum absolute atomic E-state index is 13.6. The largest absolute Gasteiger partial charge is 0.472 e. The van der Waals surface area contributed by atoms with E-state index in [4.69, 9.17) is 13.8 Å². The van der Waals surface area contributed by atoms with Gasteiger partial charge in [0, 0.05) is 12.8 Å². The molecule has 3 atom stereocenters. The summed E-state index contributed by atoms with van der Waals surface area (Å²) in [5.41, 5.74) is 0. The number of quaternary nitrogens is 1. The molecule has 0 heterocycles. The Bertz CT molecular complexity index is 1660. The SMILES string of the molecule is CC/C=C\C/C=C\C/C=C\C/C=C\C/C=C\CCCCCCCCCCCCCC(=O)NC(COP(=O)(O)OCC[N+](C)(C)C)C(/C=C\CCCCCCCCCCCC)OC(=O)CC/C=C/C/C=C\CCCCCCCC. The first-order valence-corrected chi connectivity index (χ1v) is 33.6. The zero-order chi connectivity index (χ0) is 57.2. The average Bonchev–Trinajstić information content (AvgIpc) is 3.40. The summed E-state index contributed by atoms with van der Waals surface area (Å²) < 4.78 is 30.6. The molecule has 78 heavy (non-hydrogen) atoms. The van der Waals surface area contributed by atoms with Crippen LogP contribution in [0.3, 0.4) is 0 Å². The number of esters is 1. The number of hydrogen-bond acceptors (Lipinski definition) is 6. The van der Waals surface area contributed by atoms with E-state index in [1.807, 2.05) is 39.4 Å². The second-order valence-electron chi connectivity index (χ2n) is 22.5. The van der Waals surface area contributed by atoms with Gasteiger partial charge in [0.15, 0.2) is 0 Å². The molecular formula is C68H122N2O7P+. The molecule has 0 aliphatic heterocycles. The summed E-state index contributed by atoms with van der Waals surface area (Å²) in [6.07, 6.45) is 77.1. The third-order valence-corrected chi connectivity index (χ3v) is 14.8. The maximum Gasteiger partial charge on any atom is 0.472 e. The van der Waals surface area contributed by atoms with E-state index in [0.717, 1.165) is 96.3 Å². The van der Waals surface area contributed by atoms with Crippen molar-refractivity contribution in [2.24, 2.45) is 0 Å². The van der Waals surface area contributed by atoms with Crippen LogP contribution in [-0.4, -0.2) is 74.3 Å². The van der Waals surface area contributed by atoms with Crippen LogP contribution < -0.4 is 5.32 Å². The Morgan fingerprint density at radius 3 is 1.26 bits per heavy atom. The molecule has 0 saturated heterocycles. The van der Waals surface area contributed by atoms with Crippen molar-refractivity contribution in [1.82, 2.24) is 5.32 Å². The minimum Gasteiger partial charge on any atom is -0.456 e. The van der Waals surface area contributed by atoms with Crippen molar-refractivity contribution in [3.63, 3.8) is 0 Å². The molecule has 0 aromatic rings. The molecule has 9 nitrogen and oxygen atoms in total. The summed E-state index contributed by atoms with van der Waals surface area (Å²) in [5.74, 6) is -0.588. The molecule has 0 bridgehead atoms. The van der Waals surface area contributed by atoms with Crippen molar-refractivity contribution in [3.8, 4) is 0 Å². The zero-order valence-corrected chi connectivity index (χ0v) is 52.3. The highest BCUT2D eigenvalue weighted by Gasteiger charge is 2.30. The number of carbonyl (C=O) groups excluding carboxylic acids is 2. The first-order chi connectivity index (χ1) is 37.9. The van der Waals surface area contributed by atoms with Crippen LogP contribution >= 0.6 is 7.82 Å². The number of ether oxygens (including phenoxy) is 1. The summed E-state index contributed by atoms with van der Waals surface area (Å²) >= 11 is 0. The fourth-order valence-corrected chi connectivity index (χ4v) is 9.58. The number of unbranched alkanes of at least 4 members (excludes halogenated alkanes) is 27. The first kappa shape index (κ1) is 74.9. The smallest absolute Gasteiger partial charge is 0.456 e. The van der Waals surface area contributed by atoms with Crippen molar-refractivity contribution in [1.29, 1.82) is 0 Å². The van der Waals surface area contributed by atoms with Gasteiger partial charge in [0.1, 0.15) is 19.3 Å². The Hall–Kier alpha value is -3.07. The number of hydrogen-bond donors (Lipinski definition) is 2. The van der Waals surface area contributed by atoms with Crippen LogP contribution in [0.15, 0.2) is 97.2 Å². The lowest BCUT2D eigenvalue weighted by atomic mass is 10.0. The van der Waals surface area contributed by atoms with Crippen LogP contribution in [0, 0.1) is 0 Å². The Morgan fingerprint density at radius 1 is 0.462 bits per heavy atom. The Kier molecular flexibility index (Phi) is 54.9.